The Balaban J connectivity index is 1.22. The zero-order valence-electron chi connectivity index (χ0n) is 22.8. The average molecular weight is 542 g/mol. The zero-order valence-corrected chi connectivity index (χ0v) is 22.8. The number of aromatic nitrogens is 2. The lowest BCUT2D eigenvalue weighted by molar-refractivity contribution is -0.117. The molecule has 2 amide bonds. The SMILES string of the molecule is COc1cc(N2CCCC2=O)ccc1Nc1ncc(-c2ccc(C(=O)NC3CC3)cc2OC2CCCCC2)cn1. The van der Waals surface area contributed by atoms with E-state index in [1.165, 1.54) is 6.42 Å². The van der Waals surface area contributed by atoms with Gasteiger partial charge in [-0.1, -0.05) is 6.42 Å². The maximum atomic E-state index is 12.7. The molecule has 6 rings (SSSR count). The fourth-order valence-electron chi connectivity index (χ4n) is 5.38. The van der Waals surface area contributed by atoms with Crippen LogP contribution in [0.2, 0.25) is 0 Å². The van der Waals surface area contributed by atoms with E-state index in [0.29, 0.717) is 41.2 Å². The van der Waals surface area contributed by atoms with Crippen molar-refractivity contribution < 1.29 is 19.1 Å². The van der Waals surface area contributed by atoms with Crippen molar-refractivity contribution in [2.75, 3.05) is 23.9 Å². The van der Waals surface area contributed by atoms with Crippen molar-refractivity contribution in [1.29, 1.82) is 0 Å². The predicted octanol–water partition coefficient (Wildman–Crippen LogP) is 5.63. The first-order valence-electron chi connectivity index (χ1n) is 14.3. The van der Waals surface area contributed by atoms with Gasteiger partial charge in [-0.2, -0.15) is 0 Å². The minimum Gasteiger partial charge on any atom is -0.494 e. The van der Waals surface area contributed by atoms with Gasteiger partial charge in [-0.05, 0) is 75.3 Å². The van der Waals surface area contributed by atoms with Crippen LogP contribution in [0.4, 0.5) is 17.3 Å². The number of hydrogen-bond acceptors (Lipinski definition) is 7. The number of carbonyl (C=O) groups is 2. The van der Waals surface area contributed by atoms with E-state index in [2.05, 4.69) is 20.6 Å². The van der Waals surface area contributed by atoms with Gasteiger partial charge in [0, 0.05) is 59.8 Å². The van der Waals surface area contributed by atoms with Crippen LogP contribution in [-0.4, -0.2) is 47.6 Å². The summed E-state index contributed by atoms with van der Waals surface area (Å²) in [6.07, 6.45) is 12.8. The Morgan fingerprint density at radius 2 is 1.75 bits per heavy atom. The summed E-state index contributed by atoms with van der Waals surface area (Å²) in [6, 6.07) is 11.5. The number of nitrogens with zero attached hydrogens (tertiary/aromatic N) is 3. The van der Waals surface area contributed by atoms with Gasteiger partial charge >= 0.3 is 0 Å². The molecular weight excluding hydrogens is 506 g/mol. The largest absolute Gasteiger partial charge is 0.494 e. The number of amides is 2. The number of nitrogens with one attached hydrogen (secondary N) is 2. The van der Waals surface area contributed by atoms with E-state index in [-0.39, 0.29) is 17.9 Å². The Bertz CT molecular complexity index is 1380. The maximum Gasteiger partial charge on any atom is 0.251 e. The number of ether oxygens (including phenoxy) is 2. The second-order valence-electron chi connectivity index (χ2n) is 10.8. The first-order valence-corrected chi connectivity index (χ1v) is 14.3. The summed E-state index contributed by atoms with van der Waals surface area (Å²) in [4.78, 5) is 35.8. The first-order chi connectivity index (χ1) is 19.6. The molecule has 3 aromatic rings. The Morgan fingerprint density at radius 1 is 0.950 bits per heavy atom. The van der Waals surface area contributed by atoms with Crippen molar-refractivity contribution >= 4 is 29.1 Å². The molecule has 0 bridgehead atoms. The van der Waals surface area contributed by atoms with Crippen molar-refractivity contribution in [1.82, 2.24) is 15.3 Å². The topological polar surface area (TPSA) is 106 Å². The summed E-state index contributed by atoms with van der Waals surface area (Å²) in [5.41, 5.74) is 3.79. The van der Waals surface area contributed by atoms with Gasteiger partial charge in [0.15, 0.2) is 0 Å². The van der Waals surface area contributed by atoms with Crippen LogP contribution in [0, 0.1) is 0 Å². The van der Waals surface area contributed by atoms with Crippen LogP contribution in [0.1, 0.15) is 68.1 Å². The highest BCUT2D eigenvalue weighted by Gasteiger charge is 2.25. The Kier molecular flexibility index (Phi) is 7.53. The molecule has 9 heteroatoms. The van der Waals surface area contributed by atoms with E-state index in [1.54, 1.807) is 24.4 Å². The summed E-state index contributed by atoms with van der Waals surface area (Å²) in [5, 5.41) is 6.29. The lowest BCUT2D eigenvalue weighted by Gasteiger charge is -2.24. The highest BCUT2D eigenvalue weighted by atomic mass is 16.5. The van der Waals surface area contributed by atoms with Crippen molar-refractivity contribution in [3.05, 3.63) is 54.4 Å². The van der Waals surface area contributed by atoms with Crippen LogP contribution >= 0.6 is 0 Å². The number of benzene rings is 2. The van der Waals surface area contributed by atoms with E-state index >= 15 is 0 Å². The fourth-order valence-corrected chi connectivity index (χ4v) is 5.38. The third kappa shape index (κ3) is 5.88. The summed E-state index contributed by atoms with van der Waals surface area (Å²) >= 11 is 0. The van der Waals surface area contributed by atoms with Gasteiger partial charge < -0.3 is 25.0 Å². The predicted molar refractivity (Wildman–Crippen MR) is 153 cm³/mol. The van der Waals surface area contributed by atoms with E-state index in [1.807, 2.05) is 36.4 Å². The third-order valence-electron chi connectivity index (χ3n) is 7.78. The van der Waals surface area contributed by atoms with Crippen LogP contribution in [0.25, 0.3) is 11.1 Å². The molecule has 0 spiro atoms. The van der Waals surface area contributed by atoms with Crippen molar-refractivity contribution in [2.24, 2.45) is 0 Å². The van der Waals surface area contributed by atoms with Crippen molar-refractivity contribution in [3.63, 3.8) is 0 Å². The van der Waals surface area contributed by atoms with Crippen molar-refractivity contribution in [3.8, 4) is 22.6 Å². The average Bonchev–Trinajstić information content (AvgIpc) is 3.70. The number of methoxy groups -OCH3 is 1. The standard InChI is InChI=1S/C31H35N5O4/c1-39-28-17-23(36-15-5-8-29(36)37)12-14-26(28)35-31-32-18-21(19-33-31)25-13-9-20(30(38)34-22-10-11-22)16-27(25)40-24-6-3-2-4-7-24/h9,12-14,16-19,22,24H,2-8,10-11,15H2,1H3,(H,34,38)(H,32,33,35). The number of anilines is 3. The summed E-state index contributed by atoms with van der Waals surface area (Å²) < 4.78 is 12.1. The molecule has 0 atom stereocenters. The fraction of sp³-hybridized carbons (Fsp3) is 0.419. The monoisotopic (exact) mass is 541 g/mol. The van der Waals surface area contributed by atoms with E-state index in [0.717, 1.165) is 68.3 Å². The molecule has 2 heterocycles. The van der Waals surface area contributed by atoms with Gasteiger partial charge in [0.2, 0.25) is 11.9 Å². The molecule has 0 radical (unpaired) electrons. The van der Waals surface area contributed by atoms with E-state index in [4.69, 9.17) is 9.47 Å². The summed E-state index contributed by atoms with van der Waals surface area (Å²) in [7, 11) is 1.60. The van der Waals surface area contributed by atoms with E-state index < -0.39 is 0 Å². The second-order valence-corrected chi connectivity index (χ2v) is 10.8. The second kappa shape index (κ2) is 11.5. The van der Waals surface area contributed by atoms with Crippen LogP contribution in [0.15, 0.2) is 48.8 Å². The molecule has 208 valence electrons. The quantitative estimate of drug-likeness (QED) is 0.362. The molecule has 1 aromatic heterocycles. The first kappa shape index (κ1) is 26.1. The summed E-state index contributed by atoms with van der Waals surface area (Å²) in [6.45, 7) is 0.720. The minimum absolute atomic E-state index is 0.0626. The van der Waals surface area contributed by atoms with Crippen LogP contribution in [-0.2, 0) is 4.79 Å². The number of carbonyl (C=O) groups excluding carboxylic acids is 2. The molecule has 9 nitrogen and oxygen atoms in total. The highest BCUT2D eigenvalue weighted by Crippen LogP contribution is 2.36. The lowest BCUT2D eigenvalue weighted by atomic mass is 9.97. The summed E-state index contributed by atoms with van der Waals surface area (Å²) in [5.74, 6) is 1.78. The molecule has 1 aliphatic heterocycles. The molecule has 0 unspecified atom stereocenters. The molecule has 40 heavy (non-hydrogen) atoms. The molecular formula is C31H35N5O4. The van der Waals surface area contributed by atoms with E-state index in [9.17, 15) is 9.59 Å². The zero-order chi connectivity index (χ0) is 27.5. The van der Waals surface area contributed by atoms with Gasteiger partial charge in [-0.25, -0.2) is 9.97 Å². The highest BCUT2D eigenvalue weighted by molar-refractivity contribution is 5.96. The van der Waals surface area contributed by atoms with Gasteiger partial charge in [-0.3, -0.25) is 9.59 Å². The van der Waals surface area contributed by atoms with Gasteiger partial charge in [-0.15, -0.1) is 0 Å². The number of hydrogen-bond donors (Lipinski definition) is 2. The van der Waals surface area contributed by atoms with Gasteiger partial charge in [0.1, 0.15) is 11.5 Å². The van der Waals surface area contributed by atoms with Crippen LogP contribution < -0.4 is 25.0 Å². The number of rotatable bonds is 9. The molecule has 3 aliphatic rings. The van der Waals surface area contributed by atoms with Crippen LogP contribution in [0.3, 0.4) is 0 Å². The molecule has 2 saturated carbocycles. The molecule has 2 aromatic carbocycles. The normalized spacial score (nSPS) is 17.5. The smallest absolute Gasteiger partial charge is 0.251 e. The molecule has 2 N–H and O–H groups in total. The van der Waals surface area contributed by atoms with Crippen molar-refractivity contribution in [2.45, 2.75) is 69.9 Å². The third-order valence-corrected chi connectivity index (χ3v) is 7.78. The Morgan fingerprint density at radius 3 is 2.45 bits per heavy atom. The molecule has 1 saturated heterocycles. The lowest BCUT2D eigenvalue weighted by Crippen LogP contribution is -2.25. The van der Waals surface area contributed by atoms with Gasteiger partial charge in [0.25, 0.3) is 5.91 Å². The molecule has 3 fully saturated rings. The molecule has 2 aliphatic carbocycles. The Labute approximate surface area is 234 Å². The van der Waals surface area contributed by atoms with Gasteiger partial charge in [0.05, 0.1) is 18.9 Å². The van der Waals surface area contributed by atoms with Crippen LogP contribution in [0.5, 0.6) is 11.5 Å². The minimum atomic E-state index is -0.0626. The maximum absolute atomic E-state index is 12.7. The Hall–Kier alpha value is -4.14.